The molecule has 0 aliphatic carbocycles. The maximum Gasteiger partial charge on any atom is 0.161 e. The zero-order chi connectivity index (χ0) is 13.4. The molecular weight excluding hydrogens is 266 g/mol. The summed E-state index contributed by atoms with van der Waals surface area (Å²) >= 11 is 6.13. The largest absolute Gasteiger partial charge is 0.465 e. The van der Waals surface area contributed by atoms with Crippen molar-refractivity contribution in [2.24, 2.45) is 5.16 Å². The van der Waals surface area contributed by atoms with Crippen LogP contribution in [-0.4, -0.2) is 10.9 Å². The number of oxime groups is 1. The molecule has 4 nitrogen and oxygen atoms in total. The van der Waals surface area contributed by atoms with Gasteiger partial charge in [-0.25, -0.2) is 0 Å². The zero-order valence-electron chi connectivity index (χ0n) is 10.1. The van der Waals surface area contributed by atoms with E-state index in [1.165, 1.54) is 0 Å². The van der Waals surface area contributed by atoms with Crippen molar-refractivity contribution in [1.82, 2.24) is 0 Å². The fourth-order valence-electron chi connectivity index (χ4n) is 2.00. The molecule has 1 N–H and O–H groups in total. The Balaban J connectivity index is 2.12. The standard InChI is InChI=1S/C14H10ClNO3/c1-8-5-10-13(16-17)12(7-9-3-2-4-18-9)19-14(10)11(15)6-8/h2-7,17H,1H3. The summed E-state index contributed by atoms with van der Waals surface area (Å²) in [6.07, 6.45) is 3.21. The highest BCUT2D eigenvalue weighted by molar-refractivity contribution is 6.34. The number of allylic oxidation sites excluding steroid dienone is 1. The number of fused-ring (bicyclic) bond motifs is 1. The lowest BCUT2D eigenvalue weighted by atomic mass is 10.1. The Morgan fingerprint density at radius 1 is 1.37 bits per heavy atom. The lowest BCUT2D eigenvalue weighted by Gasteiger charge is -2.01. The Morgan fingerprint density at radius 2 is 2.21 bits per heavy atom. The molecule has 0 saturated carbocycles. The Morgan fingerprint density at radius 3 is 2.89 bits per heavy atom. The molecular formula is C14H10ClNO3. The van der Waals surface area contributed by atoms with E-state index in [1.807, 2.05) is 13.0 Å². The molecule has 19 heavy (non-hydrogen) atoms. The SMILES string of the molecule is Cc1cc(Cl)c2c(c1)C(=NO)C(=Cc1ccco1)O2. The number of hydrogen-bond donors (Lipinski definition) is 1. The quantitative estimate of drug-likeness (QED) is 0.635. The first-order valence-corrected chi connectivity index (χ1v) is 6.03. The average molecular weight is 276 g/mol. The molecule has 0 unspecified atom stereocenters. The van der Waals surface area contributed by atoms with Gasteiger partial charge in [0.2, 0.25) is 0 Å². The Labute approximate surface area is 114 Å². The topological polar surface area (TPSA) is 55.0 Å². The summed E-state index contributed by atoms with van der Waals surface area (Å²) in [6, 6.07) is 7.20. The van der Waals surface area contributed by atoms with Crippen molar-refractivity contribution >= 4 is 23.4 Å². The van der Waals surface area contributed by atoms with Crippen LogP contribution in [0.5, 0.6) is 5.75 Å². The molecule has 96 valence electrons. The van der Waals surface area contributed by atoms with E-state index >= 15 is 0 Å². The fraction of sp³-hybridized carbons (Fsp3) is 0.0714. The molecule has 0 saturated heterocycles. The number of halogens is 1. The molecule has 2 heterocycles. The van der Waals surface area contributed by atoms with Gasteiger partial charge in [0.1, 0.15) is 5.76 Å². The molecule has 1 aliphatic rings. The zero-order valence-corrected chi connectivity index (χ0v) is 10.8. The van der Waals surface area contributed by atoms with E-state index in [-0.39, 0.29) is 0 Å². The molecule has 1 aliphatic heterocycles. The van der Waals surface area contributed by atoms with E-state index in [9.17, 15) is 5.21 Å². The van der Waals surface area contributed by atoms with Gasteiger partial charge in [-0.1, -0.05) is 16.8 Å². The number of rotatable bonds is 1. The van der Waals surface area contributed by atoms with Crippen molar-refractivity contribution in [3.05, 3.63) is 58.2 Å². The second-order valence-corrected chi connectivity index (χ2v) is 4.61. The van der Waals surface area contributed by atoms with Crippen LogP contribution < -0.4 is 4.74 Å². The van der Waals surface area contributed by atoms with Crippen LogP contribution in [0.1, 0.15) is 16.9 Å². The van der Waals surface area contributed by atoms with E-state index in [1.54, 1.807) is 30.5 Å². The third-order valence-electron chi connectivity index (χ3n) is 2.81. The van der Waals surface area contributed by atoms with Gasteiger partial charge in [-0.15, -0.1) is 0 Å². The van der Waals surface area contributed by atoms with Crippen LogP contribution in [0.25, 0.3) is 6.08 Å². The number of hydrogen-bond acceptors (Lipinski definition) is 4. The van der Waals surface area contributed by atoms with Gasteiger partial charge in [-0.3, -0.25) is 0 Å². The van der Waals surface area contributed by atoms with Crippen molar-refractivity contribution in [3.8, 4) is 5.75 Å². The lowest BCUT2D eigenvalue weighted by Crippen LogP contribution is -2.00. The normalized spacial score (nSPS) is 17.8. The molecule has 0 amide bonds. The van der Waals surface area contributed by atoms with Crippen LogP contribution in [0.15, 0.2) is 45.9 Å². The molecule has 0 atom stereocenters. The van der Waals surface area contributed by atoms with Crippen molar-refractivity contribution in [3.63, 3.8) is 0 Å². The summed E-state index contributed by atoms with van der Waals surface area (Å²) in [5, 5.41) is 13.0. The maximum absolute atomic E-state index is 9.19. The molecule has 1 aromatic carbocycles. The van der Waals surface area contributed by atoms with Crippen LogP contribution in [0, 0.1) is 6.92 Å². The van der Waals surface area contributed by atoms with E-state index in [2.05, 4.69) is 5.16 Å². The fourth-order valence-corrected chi connectivity index (χ4v) is 2.32. The van der Waals surface area contributed by atoms with Gasteiger partial charge in [0.05, 0.1) is 16.8 Å². The van der Waals surface area contributed by atoms with Crippen molar-refractivity contribution in [2.45, 2.75) is 6.92 Å². The Bertz CT molecular complexity index is 687. The summed E-state index contributed by atoms with van der Waals surface area (Å²) in [5.41, 5.74) is 1.98. The van der Waals surface area contributed by atoms with Crippen molar-refractivity contribution in [1.29, 1.82) is 0 Å². The predicted molar refractivity (Wildman–Crippen MR) is 71.8 cm³/mol. The number of nitrogens with zero attached hydrogens (tertiary/aromatic N) is 1. The second kappa shape index (κ2) is 4.48. The molecule has 3 rings (SSSR count). The minimum atomic E-state index is 0.344. The monoisotopic (exact) mass is 275 g/mol. The molecule has 2 aromatic rings. The van der Waals surface area contributed by atoms with Gasteiger partial charge in [0, 0.05) is 6.08 Å². The van der Waals surface area contributed by atoms with Crippen LogP contribution in [0.3, 0.4) is 0 Å². The van der Waals surface area contributed by atoms with Gasteiger partial charge < -0.3 is 14.4 Å². The van der Waals surface area contributed by atoms with Crippen molar-refractivity contribution in [2.75, 3.05) is 0 Å². The smallest absolute Gasteiger partial charge is 0.161 e. The second-order valence-electron chi connectivity index (χ2n) is 4.20. The van der Waals surface area contributed by atoms with E-state index in [4.69, 9.17) is 20.8 Å². The number of aryl methyl sites for hydroxylation is 1. The molecule has 0 spiro atoms. The molecule has 5 heteroatoms. The van der Waals surface area contributed by atoms with Gasteiger partial charge >= 0.3 is 0 Å². The van der Waals surface area contributed by atoms with Crippen LogP contribution in [0.2, 0.25) is 5.02 Å². The van der Waals surface area contributed by atoms with Crippen molar-refractivity contribution < 1.29 is 14.4 Å². The van der Waals surface area contributed by atoms with Gasteiger partial charge in [-0.2, -0.15) is 0 Å². The highest BCUT2D eigenvalue weighted by Crippen LogP contribution is 2.39. The Hall–Kier alpha value is -2.20. The lowest BCUT2D eigenvalue weighted by molar-refractivity contribution is 0.318. The molecule has 1 aromatic heterocycles. The minimum Gasteiger partial charge on any atom is -0.465 e. The molecule has 0 bridgehead atoms. The minimum absolute atomic E-state index is 0.344. The van der Waals surface area contributed by atoms with Gasteiger partial charge in [0.25, 0.3) is 0 Å². The highest BCUT2D eigenvalue weighted by atomic mass is 35.5. The summed E-state index contributed by atoms with van der Waals surface area (Å²) in [5.74, 6) is 1.51. The number of furan rings is 1. The highest BCUT2D eigenvalue weighted by Gasteiger charge is 2.28. The Kier molecular flexibility index (Phi) is 2.80. The third-order valence-corrected chi connectivity index (χ3v) is 3.09. The van der Waals surface area contributed by atoms with E-state index in [0.717, 1.165) is 5.56 Å². The third kappa shape index (κ3) is 2.00. The summed E-state index contributed by atoms with van der Waals surface area (Å²) in [4.78, 5) is 0. The first-order valence-electron chi connectivity index (χ1n) is 5.65. The summed E-state index contributed by atoms with van der Waals surface area (Å²) in [6.45, 7) is 1.91. The summed E-state index contributed by atoms with van der Waals surface area (Å²) < 4.78 is 10.9. The maximum atomic E-state index is 9.19. The van der Waals surface area contributed by atoms with Crippen LogP contribution >= 0.6 is 11.6 Å². The average Bonchev–Trinajstić information content (AvgIpc) is 2.97. The number of ether oxygens (including phenoxy) is 1. The van der Waals surface area contributed by atoms with E-state index < -0.39 is 0 Å². The summed E-state index contributed by atoms with van der Waals surface area (Å²) in [7, 11) is 0. The van der Waals surface area contributed by atoms with E-state index in [0.29, 0.717) is 33.6 Å². The predicted octanol–water partition coefficient (Wildman–Crippen LogP) is 3.85. The first kappa shape index (κ1) is 11.9. The van der Waals surface area contributed by atoms with Gasteiger partial charge in [-0.05, 0) is 36.8 Å². The number of benzene rings is 1. The molecule has 0 fully saturated rings. The molecule has 0 radical (unpaired) electrons. The van der Waals surface area contributed by atoms with Crippen LogP contribution in [0.4, 0.5) is 0 Å². The van der Waals surface area contributed by atoms with Crippen LogP contribution in [-0.2, 0) is 0 Å². The first-order chi connectivity index (χ1) is 9.19. The van der Waals surface area contributed by atoms with Gasteiger partial charge in [0.15, 0.2) is 17.2 Å².